The van der Waals surface area contributed by atoms with E-state index in [4.69, 9.17) is 16.3 Å². The molecule has 1 N–H and O–H groups in total. The van der Waals surface area contributed by atoms with Crippen molar-refractivity contribution in [2.75, 3.05) is 20.2 Å². The van der Waals surface area contributed by atoms with Gasteiger partial charge in [-0.25, -0.2) is 4.39 Å². The second-order valence-corrected chi connectivity index (χ2v) is 6.33. The fraction of sp³-hybridized carbons (Fsp3) is 0.211. The van der Waals surface area contributed by atoms with Crippen LogP contribution in [0.2, 0.25) is 5.02 Å². The van der Waals surface area contributed by atoms with Crippen molar-refractivity contribution >= 4 is 29.3 Å². The van der Waals surface area contributed by atoms with Crippen LogP contribution in [-0.4, -0.2) is 42.8 Å². The van der Waals surface area contributed by atoms with Crippen LogP contribution < -0.4 is 10.1 Å². The molecule has 0 fully saturated rings. The maximum Gasteiger partial charge on any atom is 0.262 e. The number of rotatable bonds is 6. The van der Waals surface area contributed by atoms with E-state index in [9.17, 15) is 18.8 Å². The number of imide groups is 1. The van der Waals surface area contributed by atoms with Crippen LogP contribution in [0.1, 0.15) is 26.3 Å². The molecule has 0 spiro atoms. The molecular formula is C19H16ClFN2O4. The number of benzene rings is 2. The Balaban J connectivity index is 1.57. The Morgan fingerprint density at radius 2 is 1.81 bits per heavy atom. The molecule has 3 amide bonds. The highest BCUT2D eigenvalue weighted by molar-refractivity contribution is 6.31. The molecule has 2 aromatic rings. The second-order valence-electron chi connectivity index (χ2n) is 5.92. The van der Waals surface area contributed by atoms with Gasteiger partial charge in [0.05, 0.1) is 18.2 Å². The number of carbonyl (C=O) groups is 3. The van der Waals surface area contributed by atoms with Crippen molar-refractivity contribution in [2.45, 2.75) is 6.42 Å². The van der Waals surface area contributed by atoms with Crippen molar-refractivity contribution in [3.63, 3.8) is 0 Å². The normalized spacial score (nSPS) is 12.9. The van der Waals surface area contributed by atoms with E-state index in [0.717, 1.165) is 11.0 Å². The molecule has 0 saturated heterocycles. The van der Waals surface area contributed by atoms with Gasteiger partial charge in [-0.15, -0.1) is 0 Å². The highest BCUT2D eigenvalue weighted by Gasteiger charge is 2.36. The van der Waals surface area contributed by atoms with E-state index in [2.05, 4.69) is 5.32 Å². The van der Waals surface area contributed by atoms with E-state index < -0.39 is 23.5 Å². The van der Waals surface area contributed by atoms with Crippen LogP contribution in [0, 0.1) is 5.82 Å². The minimum absolute atomic E-state index is 0.0618. The average molecular weight is 391 g/mol. The Morgan fingerprint density at radius 1 is 1.19 bits per heavy atom. The SMILES string of the molecule is COc1cc(CCNC(=O)CN2C(=O)c3ccccc3C2=O)c(Cl)cc1F. The number of nitrogens with zero attached hydrogens (tertiary/aromatic N) is 1. The van der Waals surface area contributed by atoms with E-state index in [1.165, 1.54) is 13.2 Å². The predicted molar refractivity (Wildman–Crippen MR) is 96.5 cm³/mol. The van der Waals surface area contributed by atoms with Gasteiger partial charge in [-0.3, -0.25) is 19.3 Å². The molecule has 1 heterocycles. The molecule has 0 saturated carbocycles. The molecule has 1 aliphatic rings. The van der Waals surface area contributed by atoms with E-state index in [0.29, 0.717) is 23.1 Å². The first-order valence-corrected chi connectivity index (χ1v) is 8.54. The largest absolute Gasteiger partial charge is 0.494 e. The number of halogens is 2. The second kappa shape index (κ2) is 7.75. The third-order valence-corrected chi connectivity index (χ3v) is 4.57. The Labute approximate surface area is 159 Å². The van der Waals surface area contributed by atoms with Gasteiger partial charge < -0.3 is 10.1 Å². The van der Waals surface area contributed by atoms with Crippen LogP contribution in [0.15, 0.2) is 36.4 Å². The summed E-state index contributed by atoms with van der Waals surface area (Å²) >= 11 is 6.00. The first kappa shape index (κ1) is 18.8. The van der Waals surface area contributed by atoms with Gasteiger partial charge in [-0.05, 0) is 36.2 Å². The lowest BCUT2D eigenvalue weighted by atomic mass is 10.1. The molecule has 0 radical (unpaired) electrons. The zero-order valence-electron chi connectivity index (χ0n) is 14.4. The fourth-order valence-electron chi connectivity index (χ4n) is 2.84. The summed E-state index contributed by atoms with van der Waals surface area (Å²) in [7, 11) is 1.35. The zero-order chi connectivity index (χ0) is 19.6. The van der Waals surface area contributed by atoms with Crippen molar-refractivity contribution in [1.29, 1.82) is 0 Å². The third-order valence-electron chi connectivity index (χ3n) is 4.22. The molecule has 0 atom stereocenters. The van der Waals surface area contributed by atoms with Gasteiger partial charge in [0.2, 0.25) is 5.91 Å². The van der Waals surface area contributed by atoms with Crippen LogP contribution >= 0.6 is 11.6 Å². The van der Waals surface area contributed by atoms with Gasteiger partial charge in [0.25, 0.3) is 11.8 Å². The maximum absolute atomic E-state index is 13.5. The molecule has 140 valence electrons. The molecular weight excluding hydrogens is 375 g/mol. The van der Waals surface area contributed by atoms with Gasteiger partial charge in [0.15, 0.2) is 11.6 Å². The average Bonchev–Trinajstić information content (AvgIpc) is 2.89. The highest BCUT2D eigenvalue weighted by atomic mass is 35.5. The minimum Gasteiger partial charge on any atom is -0.494 e. The number of methoxy groups -OCH3 is 1. The lowest BCUT2D eigenvalue weighted by Gasteiger charge is -2.14. The van der Waals surface area contributed by atoms with E-state index >= 15 is 0 Å². The van der Waals surface area contributed by atoms with Crippen molar-refractivity contribution in [3.8, 4) is 5.75 Å². The molecule has 6 nitrogen and oxygen atoms in total. The van der Waals surface area contributed by atoms with Gasteiger partial charge in [-0.2, -0.15) is 0 Å². The van der Waals surface area contributed by atoms with Crippen LogP contribution in [0.5, 0.6) is 5.75 Å². The van der Waals surface area contributed by atoms with Crippen molar-refractivity contribution < 1.29 is 23.5 Å². The summed E-state index contributed by atoms with van der Waals surface area (Å²) in [6.07, 6.45) is 0.337. The van der Waals surface area contributed by atoms with Crippen LogP contribution in [0.4, 0.5) is 4.39 Å². The minimum atomic E-state index is -0.569. The van der Waals surface area contributed by atoms with E-state index in [-0.39, 0.29) is 23.9 Å². The number of amides is 3. The summed E-state index contributed by atoms with van der Waals surface area (Å²) in [5.74, 6) is -1.96. The van der Waals surface area contributed by atoms with Crippen molar-refractivity contribution in [3.05, 3.63) is 63.9 Å². The van der Waals surface area contributed by atoms with Gasteiger partial charge in [0.1, 0.15) is 6.54 Å². The molecule has 2 aromatic carbocycles. The molecule has 0 bridgehead atoms. The molecule has 0 unspecified atom stereocenters. The summed E-state index contributed by atoms with van der Waals surface area (Å²) in [4.78, 5) is 37.5. The number of hydrogen-bond acceptors (Lipinski definition) is 4. The molecule has 3 rings (SSSR count). The lowest BCUT2D eigenvalue weighted by molar-refractivity contribution is -0.121. The monoisotopic (exact) mass is 390 g/mol. The Hall–Kier alpha value is -2.93. The standard InChI is InChI=1S/C19H16ClFN2O4/c1-27-16-8-11(14(20)9-15(16)21)6-7-22-17(24)10-23-18(25)12-4-2-3-5-13(12)19(23)26/h2-5,8-9H,6-7,10H2,1H3,(H,22,24). The number of fused-ring (bicyclic) bond motifs is 1. The first-order valence-electron chi connectivity index (χ1n) is 8.16. The Bertz CT molecular complexity index is 897. The van der Waals surface area contributed by atoms with E-state index in [1.807, 2.05) is 0 Å². The molecule has 1 aliphatic heterocycles. The summed E-state index contributed by atoms with van der Waals surface area (Å²) in [5.41, 5.74) is 1.19. The van der Waals surface area contributed by atoms with Gasteiger partial charge in [-0.1, -0.05) is 23.7 Å². The summed E-state index contributed by atoms with van der Waals surface area (Å²) in [6, 6.07) is 9.04. The van der Waals surface area contributed by atoms with E-state index in [1.54, 1.807) is 24.3 Å². The number of ether oxygens (including phenoxy) is 1. The Kier molecular flexibility index (Phi) is 5.41. The number of carbonyl (C=O) groups excluding carboxylic acids is 3. The number of hydrogen-bond donors (Lipinski definition) is 1. The molecule has 0 aliphatic carbocycles. The highest BCUT2D eigenvalue weighted by Crippen LogP contribution is 2.26. The molecule has 0 aromatic heterocycles. The molecule has 8 heteroatoms. The topological polar surface area (TPSA) is 75.7 Å². The van der Waals surface area contributed by atoms with Gasteiger partial charge in [0, 0.05) is 11.6 Å². The van der Waals surface area contributed by atoms with Crippen LogP contribution in [0.25, 0.3) is 0 Å². The number of nitrogens with one attached hydrogen (secondary N) is 1. The third kappa shape index (κ3) is 3.78. The van der Waals surface area contributed by atoms with Crippen LogP contribution in [-0.2, 0) is 11.2 Å². The van der Waals surface area contributed by atoms with Crippen molar-refractivity contribution in [1.82, 2.24) is 10.2 Å². The lowest BCUT2D eigenvalue weighted by Crippen LogP contribution is -2.40. The predicted octanol–water partition coefficient (Wildman–Crippen LogP) is 2.44. The maximum atomic E-state index is 13.5. The first-order chi connectivity index (χ1) is 12.9. The smallest absolute Gasteiger partial charge is 0.262 e. The summed E-state index contributed by atoms with van der Waals surface area (Å²) in [5, 5.41) is 2.85. The summed E-state index contributed by atoms with van der Waals surface area (Å²) in [6.45, 7) is -0.163. The zero-order valence-corrected chi connectivity index (χ0v) is 15.2. The fourth-order valence-corrected chi connectivity index (χ4v) is 3.08. The van der Waals surface area contributed by atoms with Crippen LogP contribution in [0.3, 0.4) is 0 Å². The summed E-state index contributed by atoms with van der Waals surface area (Å²) < 4.78 is 18.5. The quantitative estimate of drug-likeness (QED) is 0.769. The van der Waals surface area contributed by atoms with Crippen molar-refractivity contribution in [2.24, 2.45) is 0 Å². The molecule has 27 heavy (non-hydrogen) atoms. The van der Waals surface area contributed by atoms with Gasteiger partial charge >= 0.3 is 0 Å². The Morgan fingerprint density at radius 3 is 2.41 bits per heavy atom.